The van der Waals surface area contributed by atoms with Crippen LogP contribution in [0, 0.1) is 0 Å². The van der Waals surface area contributed by atoms with Crippen LogP contribution < -0.4 is 10.8 Å². The van der Waals surface area contributed by atoms with Gasteiger partial charge in [-0.1, -0.05) is 66.7 Å². The first kappa shape index (κ1) is 19.0. The van der Waals surface area contributed by atoms with Crippen LogP contribution in [-0.4, -0.2) is 22.9 Å². The van der Waals surface area contributed by atoms with E-state index in [0.717, 1.165) is 11.1 Å². The molecule has 5 heteroatoms. The van der Waals surface area contributed by atoms with Crippen LogP contribution in [0.25, 0.3) is 6.08 Å². The second kappa shape index (κ2) is 9.83. The average molecular weight is 371 g/mol. The highest BCUT2D eigenvalue weighted by Gasteiger charge is 2.03. The molecule has 1 heterocycles. The number of pyridine rings is 1. The maximum Gasteiger partial charge on any atom is 0.267 e. The van der Waals surface area contributed by atoms with Crippen molar-refractivity contribution in [3.05, 3.63) is 108 Å². The molecule has 2 aromatic carbocycles. The molecule has 0 radical (unpaired) electrons. The van der Waals surface area contributed by atoms with Crippen molar-refractivity contribution >= 4 is 17.9 Å². The molecule has 0 bridgehead atoms. The van der Waals surface area contributed by atoms with Crippen molar-refractivity contribution in [2.45, 2.75) is 6.54 Å². The van der Waals surface area contributed by atoms with Crippen LogP contribution in [0.15, 0.2) is 96.1 Å². The molecule has 2 amide bonds. The number of hydrogen-bond donors (Lipinski definition) is 1. The molecule has 0 unspecified atom stereocenters. The molecule has 0 aliphatic heterocycles. The topological polar surface area (TPSA) is 63.5 Å². The maximum absolute atomic E-state index is 12.2. The molecule has 0 atom stereocenters. The van der Waals surface area contributed by atoms with Gasteiger partial charge in [-0.15, -0.1) is 0 Å². The molecular weight excluding hydrogens is 350 g/mol. The van der Waals surface area contributed by atoms with Crippen LogP contribution in [0.2, 0.25) is 0 Å². The lowest BCUT2D eigenvalue weighted by Gasteiger charge is -2.07. The Kier molecular flexibility index (Phi) is 6.68. The standard InChI is InChI=1S/C23H21N3O2/c27-22(15-14-19-9-3-1-4-10-19)24-17-23(28)25-21-13-7-8-16-26(21)18-20-11-5-2-6-12-20/h1-16H,17-18H2,(H,24,27)/b15-14+,25-21?. The zero-order valence-corrected chi connectivity index (χ0v) is 15.4. The summed E-state index contributed by atoms with van der Waals surface area (Å²) in [4.78, 5) is 28.2. The number of benzene rings is 2. The SMILES string of the molecule is O=C(CNC(=O)/C=C/c1ccccc1)N=c1ccccn1Cc1ccccc1. The largest absolute Gasteiger partial charge is 0.343 e. The van der Waals surface area contributed by atoms with Crippen LogP contribution in [0.4, 0.5) is 0 Å². The van der Waals surface area contributed by atoms with Gasteiger partial charge < -0.3 is 9.88 Å². The van der Waals surface area contributed by atoms with E-state index in [2.05, 4.69) is 10.3 Å². The van der Waals surface area contributed by atoms with E-state index in [1.54, 1.807) is 12.1 Å². The number of carbonyl (C=O) groups is 2. The molecule has 0 fully saturated rings. The summed E-state index contributed by atoms with van der Waals surface area (Å²) in [6.45, 7) is 0.457. The number of aromatic nitrogens is 1. The quantitative estimate of drug-likeness (QED) is 0.677. The van der Waals surface area contributed by atoms with E-state index in [0.29, 0.717) is 12.0 Å². The first-order chi connectivity index (χ1) is 13.7. The van der Waals surface area contributed by atoms with Gasteiger partial charge in [0.2, 0.25) is 5.91 Å². The van der Waals surface area contributed by atoms with Crippen LogP contribution >= 0.6 is 0 Å². The zero-order valence-electron chi connectivity index (χ0n) is 15.4. The van der Waals surface area contributed by atoms with E-state index in [1.165, 1.54) is 6.08 Å². The fourth-order valence-corrected chi connectivity index (χ4v) is 2.61. The Labute approximate surface area is 163 Å². The second-order valence-electron chi connectivity index (χ2n) is 6.14. The Bertz CT molecular complexity index is 1020. The summed E-state index contributed by atoms with van der Waals surface area (Å²) in [5, 5.41) is 2.56. The van der Waals surface area contributed by atoms with Gasteiger partial charge in [-0.05, 0) is 29.3 Å². The molecule has 0 saturated heterocycles. The van der Waals surface area contributed by atoms with Crippen molar-refractivity contribution < 1.29 is 9.59 Å². The number of amides is 2. The molecule has 140 valence electrons. The zero-order chi connectivity index (χ0) is 19.6. The van der Waals surface area contributed by atoms with E-state index in [1.807, 2.05) is 83.6 Å². The van der Waals surface area contributed by atoms with E-state index in [-0.39, 0.29) is 12.5 Å². The molecule has 1 aromatic heterocycles. The molecular formula is C23H21N3O2. The van der Waals surface area contributed by atoms with Gasteiger partial charge in [0.05, 0.1) is 6.54 Å². The van der Waals surface area contributed by atoms with Crippen LogP contribution in [0.1, 0.15) is 11.1 Å². The summed E-state index contributed by atoms with van der Waals surface area (Å²) < 4.78 is 1.89. The Morgan fingerprint density at radius 2 is 1.57 bits per heavy atom. The van der Waals surface area contributed by atoms with Gasteiger partial charge in [0.25, 0.3) is 5.91 Å². The summed E-state index contributed by atoms with van der Waals surface area (Å²) in [6, 6.07) is 24.9. The summed E-state index contributed by atoms with van der Waals surface area (Å²) in [7, 11) is 0. The van der Waals surface area contributed by atoms with Gasteiger partial charge in [-0.25, -0.2) is 0 Å². The number of rotatable bonds is 6. The fourth-order valence-electron chi connectivity index (χ4n) is 2.61. The highest BCUT2D eigenvalue weighted by molar-refractivity contribution is 5.94. The van der Waals surface area contributed by atoms with Crippen LogP contribution in [0.3, 0.4) is 0 Å². The third kappa shape index (κ3) is 5.92. The van der Waals surface area contributed by atoms with E-state index in [4.69, 9.17) is 0 Å². The Balaban J connectivity index is 1.61. The highest BCUT2D eigenvalue weighted by atomic mass is 16.2. The van der Waals surface area contributed by atoms with E-state index >= 15 is 0 Å². The third-order valence-corrected chi connectivity index (χ3v) is 3.99. The lowest BCUT2D eigenvalue weighted by Crippen LogP contribution is -2.29. The van der Waals surface area contributed by atoms with Crippen molar-refractivity contribution in [3.8, 4) is 0 Å². The van der Waals surface area contributed by atoms with Crippen molar-refractivity contribution in [3.63, 3.8) is 0 Å². The summed E-state index contributed by atoms with van der Waals surface area (Å²) in [5.41, 5.74) is 2.58. The minimum absolute atomic E-state index is 0.155. The average Bonchev–Trinajstić information content (AvgIpc) is 2.74. The molecule has 0 aliphatic carbocycles. The smallest absolute Gasteiger partial charge is 0.267 e. The molecule has 28 heavy (non-hydrogen) atoms. The van der Waals surface area contributed by atoms with Gasteiger partial charge in [0, 0.05) is 18.8 Å². The Hall–Kier alpha value is -3.73. The van der Waals surface area contributed by atoms with Gasteiger partial charge in [0.1, 0.15) is 5.49 Å². The van der Waals surface area contributed by atoms with Crippen molar-refractivity contribution in [1.82, 2.24) is 9.88 Å². The van der Waals surface area contributed by atoms with E-state index in [9.17, 15) is 9.59 Å². The molecule has 0 saturated carbocycles. The van der Waals surface area contributed by atoms with Crippen molar-refractivity contribution in [2.75, 3.05) is 6.54 Å². The molecule has 1 N–H and O–H groups in total. The molecule has 3 aromatic rings. The third-order valence-electron chi connectivity index (χ3n) is 3.99. The number of hydrogen-bond acceptors (Lipinski definition) is 2. The predicted molar refractivity (Wildman–Crippen MR) is 109 cm³/mol. The highest BCUT2D eigenvalue weighted by Crippen LogP contribution is 2.01. The lowest BCUT2D eigenvalue weighted by molar-refractivity contribution is -0.122. The van der Waals surface area contributed by atoms with Crippen LogP contribution in [-0.2, 0) is 16.1 Å². The number of nitrogens with zero attached hydrogens (tertiary/aromatic N) is 2. The fraction of sp³-hybridized carbons (Fsp3) is 0.0870. The Morgan fingerprint density at radius 3 is 2.32 bits per heavy atom. The first-order valence-corrected chi connectivity index (χ1v) is 8.98. The molecule has 0 spiro atoms. The van der Waals surface area contributed by atoms with E-state index < -0.39 is 5.91 Å². The van der Waals surface area contributed by atoms with Gasteiger partial charge >= 0.3 is 0 Å². The first-order valence-electron chi connectivity index (χ1n) is 8.98. The van der Waals surface area contributed by atoms with Gasteiger partial charge in [-0.2, -0.15) is 4.99 Å². The maximum atomic E-state index is 12.2. The van der Waals surface area contributed by atoms with Gasteiger partial charge in [-0.3, -0.25) is 9.59 Å². The molecule has 3 rings (SSSR count). The second-order valence-corrected chi connectivity index (χ2v) is 6.14. The van der Waals surface area contributed by atoms with Crippen molar-refractivity contribution in [2.24, 2.45) is 4.99 Å². The predicted octanol–water partition coefficient (Wildman–Crippen LogP) is 2.79. The molecule has 0 aliphatic rings. The summed E-state index contributed by atoms with van der Waals surface area (Å²) in [5.74, 6) is -0.743. The normalized spacial score (nSPS) is 11.5. The summed E-state index contributed by atoms with van der Waals surface area (Å²) in [6.07, 6.45) is 4.98. The lowest BCUT2D eigenvalue weighted by atomic mass is 10.2. The Morgan fingerprint density at radius 1 is 0.893 bits per heavy atom. The summed E-state index contributed by atoms with van der Waals surface area (Å²) >= 11 is 0. The van der Waals surface area contributed by atoms with Crippen molar-refractivity contribution in [1.29, 1.82) is 0 Å². The number of nitrogens with one attached hydrogen (secondary N) is 1. The minimum atomic E-state index is -0.408. The minimum Gasteiger partial charge on any atom is -0.343 e. The molecule has 5 nitrogen and oxygen atoms in total. The monoisotopic (exact) mass is 371 g/mol. The van der Waals surface area contributed by atoms with Gasteiger partial charge in [0.15, 0.2) is 0 Å². The van der Waals surface area contributed by atoms with Crippen LogP contribution in [0.5, 0.6) is 0 Å². The number of carbonyl (C=O) groups excluding carboxylic acids is 2.